The molecule has 0 aromatic heterocycles. The largest absolute Gasteiger partial charge is 0.478 e. The topological polar surface area (TPSA) is 58.6 Å². The van der Waals surface area contributed by atoms with E-state index in [1.165, 1.54) is 0 Å². The molecule has 0 spiro atoms. The van der Waals surface area contributed by atoms with E-state index in [0.29, 0.717) is 11.3 Å². The number of carboxylic acids is 1. The molecule has 20 heavy (non-hydrogen) atoms. The monoisotopic (exact) mass is 295 g/mol. The van der Waals surface area contributed by atoms with E-state index in [-0.39, 0.29) is 12.1 Å². The molecule has 2 N–H and O–H groups in total. The molecule has 2 rings (SSSR count). The zero-order chi connectivity index (χ0) is 14.5. The van der Waals surface area contributed by atoms with Gasteiger partial charge in [-0.1, -0.05) is 13.0 Å². The Kier molecular flexibility index (Phi) is 5.31. The Hall–Kier alpha value is -1.20. The first-order valence-electron chi connectivity index (χ1n) is 7.00. The second kappa shape index (κ2) is 6.99. The van der Waals surface area contributed by atoms with Crippen LogP contribution in [0.4, 0.5) is 5.69 Å². The van der Waals surface area contributed by atoms with Gasteiger partial charge in [0.15, 0.2) is 0 Å². The number of hydrogen-bond donors (Lipinski definition) is 2. The third kappa shape index (κ3) is 3.46. The van der Waals surface area contributed by atoms with E-state index in [9.17, 15) is 9.90 Å². The number of anilines is 1. The second-order valence-electron chi connectivity index (χ2n) is 4.90. The zero-order valence-corrected chi connectivity index (χ0v) is 12.7. The van der Waals surface area contributed by atoms with Crippen LogP contribution >= 0.6 is 11.8 Å². The summed E-state index contributed by atoms with van der Waals surface area (Å²) in [6.45, 7) is 4.86. The SMILES string of the molecule is CCSc1cccc(NC(C)C2CCCO2)c1C(=O)O. The molecule has 4 nitrogen and oxygen atoms in total. The van der Waals surface area contributed by atoms with Gasteiger partial charge in [0.1, 0.15) is 0 Å². The van der Waals surface area contributed by atoms with E-state index >= 15 is 0 Å². The number of hydrogen-bond acceptors (Lipinski definition) is 4. The number of nitrogens with one attached hydrogen (secondary N) is 1. The van der Waals surface area contributed by atoms with E-state index in [1.54, 1.807) is 11.8 Å². The van der Waals surface area contributed by atoms with E-state index in [0.717, 1.165) is 30.1 Å². The van der Waals surface area contributed by atoms with Crippen LogP contribution in [0.15, 0.2) is 23.1 Å². The van der Waals surface area contributed by atoms with Crippen molar-refractivity contribution in [2.45, 2.75) is 43.7 Å². The lowest BCUT2D eigenvalue weighted by molar-refractivity contribution is 0.0693. The van der Waals surface area contributed by atoms with E-state index in [1.807, 2.05) is 32.0 Å². The lowest BCUT2D eigenvalue weighted by Crippen LogP contribution is -2.30. The van der Waals surface area contributed by atoms with Gasteiger partial charge in [0.2, 0.25) is 0 Å². The zero-order valence-electron chi connectivity index (χ0n) is 11.9. The van der Waals surface area contributed by atoms with Crippen LogP contribution in [-0.4, -0.2) is 35.6 Å². The van der Waals surface area contributed by atoms with Gasteiger partial charge in [-0.3, -0.25) is 0 Å². The fraction of sp³-hybridized carbons (Fsp3) is 0.533. The summed E-state index contributed by atoms with van der Waals surface area (Å²) in [5.41, 5.74) is 1.04. The molecule has 1 aliphatic rings. The maximum atomic E-state index is 11.5. The summed E-state index contributed by atoms with van der Waals surface area (Å²) in [4.78, 5) is 12.3. The lowest BCUT2D eigenvalue weighted by atomic mass is 10.1. The minimum atomic E-state index is -0.886. The summed E-state index contributed by atoms with van der Waals surface area (Å²) < 4.78 is 5.65. The lowest BCUT2D eigenvalue weighted by Gasteiger charge is -2.22. The number of carboxylic acid groups (broad SMARTS) is 1. The van der Waals surface area contributed by atoms with Gasteiger partial charge in [0, 0.05) is 17.5 Å². The first kappa shape index (κ1) is 15.2. The van der Waals surface area contributed by atoms with Crippen molar-refractivity contribution in [3.05, 3.63) is 23.8 Å². The number of benzene rings is 1. The van der Waals surface area contributed by atoms with Crippen molar-refractivity contribution < 1.29 is 14.6 Å². The Morgan fingerprint density at radius 2 is 2.40 bits per heavy atom. The van der Waals surface area contributed by atoms with Gasteiger partial charge in [-0.15, -0.1) is 11.8 Å². The van der Waals surface area contributed by atoms with Crippen molar-refractivity contribution in [1.82, 2.24) is 0 Å². The van der Waals surface area contributed by atoms with Crippen LogP contribution in [0.3, 0.4) is 0 Å². The molecule has 0 saturated carbocycles. The van der Waals surface area contributed by atoms with E-state index in [4.69, 9.17) is 4.74 Å². The van der Waals surface area contributed by atoms with Crippen LogP contribution in [0.1, 0.15) is 37.0 Å². The molecule has 0 amide bonds. The Labute approximate surface area is 123 Å². The first-order valence-corrected chi connectivity index (χ1v) is 7.99. The molecule has 1 heterocycles. The number of thioether (sulfide) groups is 1. The summed E-state index contributed by atoms with van der Waals surface area (Å²) in [6.07, 6.45) is 2.27. The van der Waals surface area contributed by atoms with Crippen LogP contribution < -0.4 is 5.32 Å². The van der Waals surface area contributed by atoms with Crippen molar-refractivity contribution in [2.24, 2.45) is 0 Å². The molecule has 0 bridgehead atoms. The highest BCUT2D eigenvalue weighted by atomic mass is 32.2. The molecule has 1 aromatic carbocycles. The van der Waals surface area contributed by atoms with Crippen molar-refractivity contribution in [2.75, 3.05) is 17.7 Å². The summed E-state index contributed by atoms with van der Waals surface area (Å²) in [6, 6.07) is 5.70. The highest BCUT2D eigenvalue weighted by Crippen LogP contribution is 2.30. The Bertz CT molecular complexity index is 472. The summed E-state index contributed by atoms with van der Waals surface area (Å²) in [7, 11) is 0. The van der Waals surface area contributed by atoms with Gasteiger partial charge in [-0.25, -0.2) is 4.79 Å². The Morgan fingerprint density at radius 1 is 1.60 bits per heavy atom. The average Bonchev–Trinajstić information content (AvgIpc) is 2.92. The summed E-state index contributed by atoms with van der Waals surface area (Å²) in [5.74, 6) is -0.0334. The quantitative estimate of drug-likeness (QED) is 0.787. The van der Waals surface area contributed by atoms with Crippen LogP contribution in [0.5, 0.6) is 0 Å². The van der Waals surface area contributed by atoms with Gasteiger partial charge < -0.3 is 15.2 Å². The van der Waals surface area contributed by atoms with Gasteiger partial charge in [-0.05, 0) is 37.7 Å². The predicted molar refractivity (Wildman–Crippen MR) is 81.9 cm³/mol. The van der Waals surface area contributed by atoms with Gasteiger partial charge in [0.05, 0.1) is 17.4 Å². The number of carbonyl (C=O) groups is 1. The molecule has 1 aliphatic heterocycles. The van der Waals surface area contributed by atoms with Gasteiger partial charge in [-0.2, -0.15) is 0 Å². The van der Waals surface area contributed by atoms with E-state index in [2.05, 4.69) is 5.32 Å². The molecule has 2 atom stereocenters. The molecule has 1 fully saturated rings. The first-order chi connectivity index (χ1) is 9.63. The fourth-order valence-electron chi connectivity index (χ4n) is 2.48. The number of aromatic carboxylic acids is 1. The van der Waals surface area contributed by atoms with Crippen LogP contribution in [0.2, 0.25) is 0 Å². The van der Waals surface area contributed by atoms with Gasteiger partial charge >= 0.3 is 5.97 Å². The highest BCUT2D eigenvalue weighted by molar-refractivity contribution is 7.99. The maximum Gasteiger partial charge on any atom is 0.338 e. The number of rotatable bonds is 6. The third-order valence-corrected chi connectivity index (χ3v) is 4.39. The molecule has 0 radical (unpaired) electrons. The molecular weight excluding hydrogens is 274 g/mol. The smallest absolute Gasteiger partial charge is 0.338 e. The molecular formula is C15H21NO3S. The Balaban J connectivity index is 2.21. The minimum absolute atomic E-state index is 0.109. The molecule has 2 unspecified atom stereocenters. The Morgan fingerprint density at radius 3 is 3.00 bits per heavy atom. The molecule has 1 saturated heterocycles. The average molecular weight is 295 g/mol. The minimum Gasteiger partial charge on any atom is -0.478 e. The fourth-order valence-corrected chi connectivity index (χ4v) is 3.31. The standard InChI is InChI=1S/C15H21NO3S/c1-3-20-13-8-4-6-11(14(13)15(17)18)16-10(2)12-7-5-9-19-12/h4,6,8,10,12,16H,3,5,7,9H2,1-2H3,(H,17,18). The number of ether oxygens (including phenoxy) is 1. The van der Waals surface area contributed by atoms with E-state index < -0.39 is 5.97 Å². The molecule has 1 aromatic rings. The third-order valence-electron chi connectivity index (χ3n) is 3.45. The maximum absolute atomic E-state index is 11.5. The van der Waals surface area contributed by atoms with Crippen molar-refractivity contribution in [1.29, 1.82) is 0 Å². The summed E-state index contributed by atoms with van der Waals surface area (Å²) >= 11 is 1.55. The predicted octanol–water partition coefficient (Wildman–Crippen LogP) is 3.48. The van der Waals surface area contributed by atoms with Crippen LogP contribution in [0.25, 0.3) is 0 Å². The van der Waals surface area contributed by atoms with Crippen molar-refractivity contribution >= 4 is 23.4 Å². The van der Waals surface area contributed by atoms with Gasteiger partial charge in [0.25, 0.3) is 0 Å². The summed E-state index contributed by atoms with van der Waals surface area (Å²) in [5, 5.41) is 12.8. The molecule has 0 aliphatic carbocycles. The second-order valence-corrected chi connectivity index (χ2v) is 6.21. The molecule has 110 valence electrons. The van der Waals surface area contributed by atoms with Crippen LogP contribution in [0, 0.1) is 0 Å². The molecule has 5 heteroatoms. The van der Waals surface area contributed by atoms with Crippen molar-refractivity contribution in [3.8, 4) is 0 Å². The normalized spacial score (nSPS) is 19.8. The highest BCUT2D eigenvalue weighted by Gasteiger charge is 2.24. The van der Waals surface area contributed by atoms with Crippen LogP contribution in [-0.2, 0) is 4.74 Å². The van der Waals surface area contributed by atoms with Crippen molar-refractivity contribution in [3.63, 3.8) is 0 Å².